The van der Waals surface area contributed by atoms with Crippen molar-refractivity contribution >= 4 is 17.7 Å². The lowest BCUT2D eigenvalue weighted by atomic mass is 10.2. The molecule has 0 radical (unpaired) electrons. The Hall–Kier alpha value is -2.66. The molecule has 2 amide bonds. The zero-order chi connectivity index (χ0) is 15.3. The van der Waals surface area contributed by atoms with Gasteiger partial charge in [0.25, 0.3) is 0 Å². The molecule has 0 unspecified atom stereocenters. The highest BCUT2D eigenvalue weighted by molar-refractivity contribution is 5.93. The quantitative estimate of drug-likeness (QED) is 0.645. The summed E-state index contributed by atoms with van der Waals surface area (Å²) in [6, 6.07) is 2.41. The first-order chi connectivity index (χ1) is 9.35. The normalized spacial score (nSPS) is 12.9. The molecule has 0 saturated heterocycles. The topological polar surface area (TPSA) is 122 Å². The van der Waals surface area contributed by atoms with Gasteiger partial charge in [0.05, 0.1) is 17.4 Å². The van der Waals surface area contributed by atoms with E-state index < -0.39 is 30.0 Å². The Balaban J connectivity index is 2.81. The number of nitrogens with zero attached hydrogens (tertiary/aromatic N) is 1. The van der Waals surface area contributed by atoms with Crippen molar-refractivity contribution in [3.8, 4) is 6.07 Å². The molecule has 0 bridgehead atoms. The maximum absolute atomic E-state index is 12.9. The van der Waals surface area contributed by atoms with Crippen LogP contribution >= 0.6 is 0 Å². The number of nitriles is 1. The van der Waals surface area contributed by atoms with Crippen molar-refractivity contribution in [2.45, 2.75) is 19.1 Å². The third-order valence-electron chi connectivity index (χ3n) is 2.39. The van der Waals surface area contributed by atoms with Gasteiger partial charge in [-0.05, 0) is 25.1 Å². The summed E-state index contributed by atoms with van der Waals surface area (Å²) < 4.78 is 12.9. The summed E-state index contributed by atoms with van der Waals surface area (Å²) in [5.74, 6) is -2.05. The van der Waals surface area contributed by atoms with E-state index in [1.54, 1.807) is 6.07 Å². The van der Waals surface area contributed by atoms with Crippen molar-refractivity contribution in [2.24, 2.45) is 0 Å². The fourth-order valence-electron chi connectivity index (χ4n) is 1.41. The number of hydrogen-bond acceptors (Lipinski definition) is 4. The highest BCUT2D eigenvalue weighted by atomic mass is 19.1. The van der Waals surface area contributed by atoms with Gasteiger partial charge in [-0.25, -0.2) is 14.0 Å². The molecule has 0 heterocycles. The van der Waals surface area contributed by atoms with Crippen LogP contribution in [0, 0.1) is 17.1 Å². The molecule has 0 aliphatic carbocycles. The Kier molecular flexibility index (Phi) is 5.00. The standard InChI is InChI=1S/C12H12FN3O4/c1-6(17)10(11(18)19)16-12(20)15-9-3-2-8(13)4-7(9)5-14/h2-4,6,10,17H,1H3,(H,18,19)(H2,15,16,20)/t6-,10+/m1/s1. The Morgan fingerprint density at radius 3 is 2.60 bits per heavy atom. The predicted octanol–water partition coefficient (Wildman–Crippen LogP) is 0.653. The molecule has 20 heavy (non-hydrogen) atoms. The number of halogens is 1. The number of benzene rings is 1. The van der Waals surface area contributed by atoms with E-state index in [0.29, 0.717) is 0 Å². The molecule has 0 fully saturated rings. The zero-order valence-corrected chi connectivity index (χ0v) is 10.4. The van der Waals surface area contributed by atoms with Crippen molar-refractivity contribution < 1.29 is 24.2 Å². The summed E-state index contributed by atoms with van der Waals surface area (Å²) in [7, 11) is 0. The lowest BCUT2D eigenvalue weighted by Gasteiger charge is -2.17. The molecule has 1 aromatic rings. The summed E-state index contributed by atoms with van der Waals surface area (Å²) >= 11 is 0. The first-order valence-electron chi connectivity index (χ1n) is 5.53. The third kappa shape index (κ3) is 3.93. The third-order valence-corrected chi connectivity index (χ3v) is 2.39. The van der Waals surface area contributed by atoms with Gasteiger partial charge in [0.15, 0.2) is 6.04 Å². The Morgan fingerprint density at radius 1 is 1.45 bits per heavy atom. The second-order valence-electron chi connectivity index (χ2n) is 3.96. The van der Waals surface area contributed by atoms with Gasteiger partial charge in [0.1, 0.15) is 11.9 Å². The number of amides is 2. The van der Waals surface area contributed by atoms with Crippen LogP contribution in [0.5, 0.6) is 0 Å². The van der Waals surface area contributed by atoms with Crippen LogP contribution in [0.1, 0.15) is 12.5 Å². The number of carboxylic acid groups (broad SMARTS) is 1. The van der Waals surface area contributed by atoms with Crippen molar-refractivity contribution in [1.29, 1.82) is 5.26 Å². The highest BCUT2D eigenvalue weighted by Crippen LogP contribution is 2.15. The number of anilines is 1. The minimum absolute atomic E-state index is 0.0288. The molecule has 7 nitrogen and oxygen atoms in total. The largest absolute Gasteiger partial charge is 0.480 e. The molecule has 0 aliphatic rings. The number of carboxylic acids is 1. The molecule has 1 rings (SSSR count). The van der Waals surface area contributed by atoms with E-state index in [-0.39, 0.29) is 11.3 Å². The van der Waals surface area contributed by atoms with Crippen LogP contribution in [-0.4, -0.2) is 34.4 Å². The molecule has 2 atom stereocenters. The van der Waals surface area contributed by atoms with Crippen molar-refractivity contribution in [2.75, 3.05) is 5.32 Å². The average Bonchev–Trinajstić information content (AvgIpc) is 2.37. The summed E-state index contributed by atoms with van der Waals surface area (Å²) in [5.41, 5.74) is -0.0785. The van der Waals surface area contributed by atoms with Gasteiger partial charge in [-0.3, -0.25) is 0 Å². The van der Waals surface area contributed by atoms with Crippen molar-refractivity contribution in [3.63, 3.8) is 0 Å². The van der Waals surface area contributed by atoms with E-state index in [9.17, 15) is 19.1 Å². The molecule has 0 spiro atoms. The number of aliphatic hydroxyl groups is 1. The van der Waals surface area contributed by atoms with Crippen LogP contribution in [0.25, 0.3) is 0 Å². The van der Waals surface area contributed by atoms with Crippen LogP contribution in [0.3, 0.4) is 0 Å². The molecular weight excluding hydrogens is 269 g/mol. The van der Waals surface area contributed by atoms with Gasteiger partial charge in [-0.2, -0.15) is 5.26 Å². The Morgan fingerprint density at radius 2 is 2.10 bits per heavy atom. The van der Waals surface area contributed by atoms with Gasteiger partial charge in [0.2, 0.25) is 0 Å². The van der Waals surface area contributed by atoms with Gasteiger partial charge in [0, 0.05) is 0 Å². The van der Waals surface area contributed by atoms with Crippen LogP contribution in [0.2, 0.25) is 0 Å². The molecule has 0 saturated carbocycles. The fourth-order valence-corrected chi connectivity index (χ4v) is 1.41. The van der Waals surface area contributed by atoms with Crippen molar-refractivity contribution in [3.05, 3.63) is 29.6 Å². The number of aliphatic carboxylic acids is 1. The number of carbonyl (C=O) groups is 2. The predicted molar refractivity (Wildman–Crippen MR) is 66.4 cm³/mol. The van der Waals surface area contributed by atoms with E-state index in [4.69, 9.17) is 10.4 Å². The second-order valence-corrected chi connectivity index (χ2v) is 3.96. The minimum atomic E-state index is -1.50. The first kappa shape index (κ1) is 15.4. The lowest BCUT2D eigenvalue weighted by molar-refractivity contribution is -0.141. The molecule has 8 heteroatoms. The molecule has 106 valence electrons. The Bertz CT molecular complexity index is 568. The van der Waals surface area contributed by atoms with Crippen LogP contribution in [0.15, 0.2) is 18.2 Å². The number of carbonyl (C=O) groups excluding carboxylic acids is 1. The minimum Gasteiger partial charge on any atom is -0.480 e. The van der Waals surface area contributed by atoms with Crippen LogP contribution in [0.4, 0.5) is 14.9 Å². The maximum atomic E-state index is 12.9. The molecule has 1 aromatic carbocycles. The summed E-state index contributed by atoms with van der Waals surface area (Å²) in [4.78, 5) is 22.4. The van der Waals surface area contributed by atoms with E-state index in [2.05, 4.69) is 5.32 Å². The van der Waals surface area contributed by atoms with Crippen LogP contribution < -0.4 is 10.6 Å². The van der Waals surface area contributed by atoms with Gasteiger partial charge >= 0.3 is 12.0 Å². The number of nitrogens with one attached hydrogen (secondary N) is 2. The van der Waals surface area contributed by atoms with Gasteiger partial charge in [-0.15, -0.1) is 0 Å². The maximum Gasteiger partial charge on any atom is 0.328 e. The lowest BCUT2D eigenvalue weighted by Crippen LogP contribution is -2.49. The summed E-state index contributed by atoms with van der Waals surface area (Å²) in [5, 5.41) is 31.0. The van der Waals surface area contributed by atoms with E-state index in [1.165, 1.54) is 13.0 Å². The molecular formula is C12H12FN3O4. The summed E-state index contributed by atoms with van der Waals surface area (Å²) in [6.45, 7) is 1.21. The first-order valence-corrected chi connectivity index (χ1v) is 5.53. The average molecular weight is 281 g/mol. The smallest absolute Gasteiger partial charge is 0.328 e. The summed E-state index contributed by atoms with van der Waals surface area (Å²) in [6.07, 6.45) is -1.30. The van der Waals surface area contributed by atoms with Gasteiger partial charge in [-0.1, -0.05) is 0 Å². The van der Waals surface area contributed by atoms with Crippen molar-refractivity contribution in [1.82, 2.24) is 5.32 Å². The fraction of sp³-hybridized carbons (Fsp3) is 0.250. The van der Waals surface area contributed by atoms with Gasteiger partial charge < -0.3 is 20.8 Å². The number of aliphatic hydroxyl groups excluding tert-OH is 1. The van der Waals surface area contributed by atoms with Crippen LogP contribution in [-0.2, 0) is 4.79 Å². The van der Waals surface area contributed by atoms with E-state index in [0.717, 1.165) is 12.1 Å². The molecule has 0 aromatic heterocycles. The van der Waals surface area contributed by atoms with E-state index >= 15 is 0 Å². The number of rotatable bonds is 4. The molecule has 0 aliphatic heterocycles. The monoisotopic (exact) mass is 281 g/mol. The van der Waals surface area contributed by atoms with E-state index in [1.807, 2.05) is 5.32 Å². The Labute approximate surface area is 113 Å². The molecule has 4 N–H and O–H groups in total. The number of urea groups is 1. The number of hydrogen-bond donors (Lipinski definition) is 4. The SMILES string of the molecule is C[C@@H](O)[C@H](NC(=O)Nc1ccc(F)cc1C#N)C(=O)O. The second kappa shape index (κ2) is 6.49. The zero-order valence-electron chi connectivity index (χ0n) is 10.4. The highest BCUT2D eigenvalue weighted by Gasteiger charge is 2.25.